The van der Waals surface area contributed by atoms with Crippen LogP contribution in [0.4, 0.5) is 8.78 Å². The van der Waals surface area contributed by atoms with Crippen LogP contribution < -0.4 is 15.8 Å². The lowest BCUT2D eigenvalue weighted by molar-refractivity contribution is -0.205. The van der Waals surface area contributed by atoms with E-state index in [1.807, 2.05) is 0 Å². The summed E-state index contributed by atoms with van der Waals surface area (Å²) in [5.74, 6) is -4.49. The van der Waals surface area contributed by atoms with E-state index < -0.39 is 55.8 Å². The highest BCUT2D eigenvalue weighted by molar-refractivity contribution is 7.49. The van der Waals surface area contributed by atoms with Gasteiger partial charge in [-0.25, -0.2) is 13.8 Å². The predicted molar refractivity (Wildman–Crippen MR) is 97.7 cm³/mol. The van der Waals surface area contributed by atoms with Crippen LogP contribution in [0.25, 0.3) is 0 Å². The summed E-state index contributed by atoms with van der Waals surface area (Å²) >= 11 is 5.84. The summed E-state index contributed by atoms with van der Waals surface area (Å²) in [4.78, 5) is 24.6. The number of ether oxygens (including phenoxy) is 1. The molecule has 1 unspecified atom stereocenters. The second kappa shape index (κ2) is 7.78. The van der Waals surface area contributed by atoms with Crippen molar-refractivity contribution in [1.29, 1.82) is 0 Å². The number of aliphatic hydroxyl groups excluding tert-OH is 2. The van der Waals surface area contributed by atoms with Crippen LogP contribution in [0.2, 0.25) is 5.02 Å². The van der Waals surface area contributed by atoms with Gasteiger partial charge in [-0.3, -0.25) is 23.4 Å². The number of nitrogens with one attached hydrogen (secondary N) is 1. The summed E-state index contributed by atoms with van der Waals surface area (Å²) in [6.07, 6.45) is -5.93. The minimum Gasteiger partial charge on any atom is -0.404 e. The minimum atomic E-state index is -4.35. The number of fused-ring (bicyclic) bond motifs is 1. The van der Waals surface area contributed by atoms with Gasteiger partial charge in [-0.05, 0) is 18.2 Å². The molecule has 11 nitrogen and oxygen atoms in total. The SMILES string of the molecule is O=c1[nH]c(=O)n([C@@H]2O[C@](F)(COP3(=O)OCc4cc(Cl)ccc4O3)[C@@H](O)[C@H]2O)cc1F. The quantitative estimate of drug-likeness (QED) is 0.542. The molecule has 168 valence electrons. The highest BCUT2D eigenvalue weighted by atomic mass is 35.5. The van der Waals surface area contributed by atoms with Crippen LogP contribution in [-0.4, -0.2) is 44.4 Å². The molecule has 3 N–H and O–H groups in total. The van der Waals surface area contributed by atoms with Crippen LogP contribution in [0.1, 0.15) is 11.8 Å². The lowest BCUT2D eigenvalue weighted by Gasteiger charge is -2.28. The number of phosphoric ester groups is 1. The zero-order valence-corrected chi connectivity index (χ0v) is 16.9. The maximum Gasteiger partial charge on any atom is 0.530 e. The zero-order valence-electron chi connectivity index (χ0n) is 15.2. The number of nitrogens with zero attached hydrogens (tertiary/aromatic N) is 1. The predicted octanol–water partition coefficient (Wildman–Crippen LogP) is 0.979. The summed E-state index contributed by atoms with van der Waals surface area (Å²) in [6, 6.07) is 4.36. The number of benzene rings is 1. The Bertz CT molecular complexity index is 1190. The average Bonchev–Trinajstić information content (AvgIpc) is 2.94. The van der Waals surface area contributed by atoms with E-state index in [0.29, 0.717) is 21.4 Å². The fourth-order valence-electron chi connectivity index (χ4n) is 3.02. The van der Waals surface area contributed by atoms with Crippen molar-refractivity contribution >= 4 is 19.4 Å². The maximum absolute atomic E-state index is 15.2. The Morgan fingerprint density at radius 3 is 2.87 bits per heavy atom. The fourth-order valence-corrected chi connectivity index (χ4v) is 4.44. The van der Waals surface area contributed by atoms with Crippen LogP contribution in [0, 0.1) is 5.82 Å². The molecule has 4 rings (SSSR count). The molecule has 2 aliphatic heterocycles. The third-order valence-corrected chi connectivity index (χ3v) is 6.15. The molecule has 0 saturated carbocycles. The second-order valence-electron chi connectivity index (χ2n) is 6.71. The Kier molecular flexibility index (Phi) is 5.54. The second-order valence-corrected chi connectivity index (χ2v) is 8.74. The van der Waals surface area contributed by atoms with Crippen molar-refractivity contribution in [3.8, 4) is 5.75 Å². The third-order valence-electron chi connectivity index (χ3n) is 4.60. The van der Waals surface area contributed by atoms with Crippen LogP contribution in [0.5, 0.6) is 5.75 Å². The first-order valence-corrected chi connectivity index (χ1v) is 10.5. The van der Waals surface area contributed by atoms with E-state index >= 15 is 4.39 Å². The van der Waals surface area contributed by atoms with Gasteiger partial charge in [0.1, 0.15) is 24.6 Å². The van der Waals surface area contributed by atoms with Crippen molar-refractivity contribution in [1.82, 2.24) is 9.55 Å². The molecule has 0 spiro atoms. The van der Waals surface area contributed by atoms with Gasteiger partial charge >= 0.3 is 13.5 Å². The van der Waals surface area contributed by atoms with Gasteiger partial charge in [0.2, 0.25) is 5.82 Å². The average molecular weight is 483 g/mol. The lowest BCUT2D eigenvalue weighted by Crippen LogP contribution is -2.43. The van der Waals surface area contributed by atoms with Crippen LogP contribution in [0.15, 0.2) is 34.0 Å². The van der Waals surface area contributed by atoms with Crippen LogP contribution >= 0.6 is 19.4 Å². The molecule has 3 heterocycles. The van der Waals surface area contributed by atoms with Gasteiger partial charge in [-0.2, -0.15) is 4.39 Å². The molecule has 5 atom stereocenters. The van der Waals surface area contributed by atoms with E-state index in [1.54, 1.807) is 4.98 Å². The Labute approximate surface area is 176 Å². The molecule has 2 aromatic rings. The topological polar surface area (TPSA) is 149 Å². The summed E-state index contributed by atoms with van der Waals surface area (Å²) in [6.45, 7) is -1.48. The van der Waals surface area contributed by atoms with Crippen molar-refractivity contribution in [2.24, 2.45) is 0 Å². The first-order chi connectivity index (χ1) is 14.5. The fraction of sp³-hybridized carbons (Fsp3) is 0.375. The number of aliphatic hydroxyl groups is 2. The largest absolute Gasteiger partial charge is 0.530 e. The molecule has 1 aromatic carbocycles. The Hall–Kier alpha value is -2.12. The molecular weight excluding hydrogens is 469 g/mol. The Morgan fingerprint density at radius 2 is 2.13 bits per heavy atom. The maximum atomic E-state index is 15.2. The normalized spacial score (nSPS) is 32.5. The van der Waals surface area contributed by atoms with E-state index in [0.717, 1.165) is 0 Å². The van der Waals surface area contributed by atoms with Gasteiger partial charge < -0.3 is 19.5 Å². The number of aromatic nitrogens is 2. The highest BCUT2D eigenvalue weighted by Crippen LogP contribution is 2.56. The van der Waals surface area contributed by atoms with Crippen molar-refractivity contribution in [3.05, 3.63) is 61.6 Å². The van der Waals surface area contributed by atoms with E-state index in [4.69, 9.17) is 29.9 Å². The van der Waals surface area contributed by atoms with E-state index in [9.17, 15) is 28.8 Å². The molecule has 15 heteroatoms. The van der Waals surface area contributed by atoms with E-state index in [-0.39, 0.29) is 12.4 Å². The molecule has 0 aliphatic carbocycles. The molecule has 0 bridgehead atoms. The zero-order chi connectivity index (χ0) is 22.6. The van der Waals surface area contributed by atoms with E-state index in [1.165, 1.54) is 18.2 Å². The molecule has 31 heavy (non-hydrogen) atoms. The van der Waals surface area contributed by atoms with Crippen molar-refractivity contribution in [3.63, 3.8) is 0 Å². The van der Waals surface area contributed by atoms with Crippen molar-refractivity contribution < 1.29 is 41.9 Å². The van der Waals surface area contributed by atoms with Crippen LogP contribution in [0.3, 0.4) is 0 Å². The lowest BCUT2D eigenvalue weighted by atomic mass is 10.1. The number of rotatable bonds is 4. The standard InChI is InChI=1S/C16H14ClF2N2O9P/c17-8-1-2-10-7(3-8)5-27-31(26,30-10)28-6-16(19)12(23)11(22)14(29-16)21-4-9(18)13(24)20-15(21)25/h1-4,11-12,14,22-23H,5-6H2,(H,20,24,25)/t11-,12+,14-,16-,31?/m1/s1. The molecule has 0 amide bonds. The number of halogens is 3. The van der Waals surface area contributed by atoms with Gasteiger partial charge in [-0.1, -0.05) is 11.6 Å². The van der Waals surface area contributed by atoms with Gasteiger partial charge in [0.25, 0.3) is 11.4 Å². The smallest absolute Gasteiger partial charge is 0.404 e. The summed E-state index contributed by atoms with van der Waals surface area (Å²) < 4.78 is 61.7. The minimum absolute atomic E-state index is 0.118. The van der Waals surface area contributed by atoms with Gasteiger partial charge in [0.05, 0.1) is 12.8 Å². The number of H-pyrrole nitrogens is 1. The molecule has 2 aliphatic rings. The van der Waals surface area contributed by atoms with Gasteiger partial charge in [-0.15, -0.1) is 0 Å². The van der Waals surface area contributed by atoms with Crippen molar-refractivity contribution in [2.45, 2.75) is 30.9 Å². The molecule has 1 saturated heterocycles. The Morgan fingerprint density at radius 1 is 1.39 bits per heavy atom. The van der Waals surface area contributed by atoms with E-state index in [2.05, 4.69) is 0 Å². The van der Waals surface area contributed by atoms with Gasteiger partial charge in [0, 0.05) is 10.6 Å². The third kappa shape index (κ3) is 4.05. The molecule has 0 radical (unpaired) electrons. The molecule has 1 aromatic heterocycles. The number of hydrogen-bond acceptors (Lipinski definition) is 9. The number of phosphoric acid groups is 1. The number of alkyl halides is 1. The highest BCUT2D eigenvalue weighted by Gasteiger charge is 2.57. The van der Waals surface area contributed by atoms with Crippen LogP contribution in [-0.2, 0) is 25.0 Å². The monoisotopic (exact) mass is 482 g/mol. The first-order valence-electron chi connectivity index (χ1n) is 8.62. The molecular formula is C16H14ClF2N2O9P. The first kappa shape index (κ1) is 22.1. The molecule has 1 fully saturated rings. The summed E-state index contributed by atoms with van der Waals surface area (Å²) in [5.41, 5.74) is -2.10. The Balaban J connectivity index is 1.52. The summed E-state index contributed by atoms with van der Waals surface area (Å²) in [5, 5.41) is 20.5. The van der Waals surface area contributed by atoms with Crippen molar-refractivity contribution in [2.75, 3.05) is 6.61 Å². The summed E-state index contributed by atoms with van der Waals surface area (Å²) in [7, 11) is -4.35. The van der Waals surface area contributed by atoms with Gasteiger partial charge in [0.15, 0.2) is 6.23 Å². The number of aromatic amines is 1. The number of hydrogen-bond donors (Lipinski definition) is 3.